The van der Waals surface area contributed by atoms with Crippen molar-refractivity contribution in [1.82, 2.24) is 9.78 Å². The van der Waals surface area contributed by atoms with Crippen LogP contribution in [0.5, 0.6) is 0 Å². The van der Waals surface area contributed by atoms with E-state index < -0.39 is 10.9 Å². The van der Waals surface area contributed by atoms with Crippen molar-refractivity contribution in [3.05, 3.63) is 22.0 Å². The molecule has 0 fully saturated rings. The zero-order chi connectivity index (χ0) is 12.8. The van der Waals surface area contributed by atoms with Crippen molar-refractivity contribution in [3.8, 4) is 0 Å². The number of aromatic nitrogens is 2. The standard InChI is InChI=1S/C9H13N3O5/c1-16-5-3-4-11-6-7(12(14)15)8(10-11)9(13)17-2/h6H,3-5H2,1-2H3. The Kier molecular flexibility index (Phi) is 4.58. The summed E-state index contributed by atoms with van der Waals surface area (Å²) in [5.41, 5.74) is -0.635. The SMILES string of the molecule is COCCCn1cc([N+](=O)[O-])c(C(=O)OC)n1. The molecule has 0 bridgehead atoms. The fraction of sp³-hybridized carbons (Fsp3) is 0.556. The van der Waals surface area contributed by atoms with Crippen molar-refractivity contribution in [2.75, 3.05) is 20.8 Å². The van der Waals surface area contributed by atoms with Crippen LogP contribution in [0.25, 0.3) is 0 Å². The van der Waals surface area contributed by atoms with Gasteiger partial charge >= 0.3 is 11.7 Å². The van der Waals surface area contributed by atoms with E-state index in [1.165, 1.54) is 10.9 Å². The van der Waals surface area contributed by atoms with E-state index in [-0.39, 0.29) is 11.4 Å². The molecule has 0 unspecified atom stereocenters. The maximum absolute atomic E-state index is 11.3. The molecule has 17 heavy (non-hydrogen) atoms. The normalized spacial score (nSPS) is 10.2. The summed E-state index contributed by atoms with van der Waals surface area (Å²) >= 11 is 0. The van der Waals surface area contributed by atoms with Crippen LogP contribution in [0.2, 0.25) is 0 Å². The largest absolute Gasteiger partial charge is 0.464 e. The number of nitro groups is 1. The van der Waals surface area contributed by atoms with Crippen molar-refractivity contribution in [3.63, 3.8) is 0 Å². The Morgan fingerprint density at radius 1 is 1.59 bits per heavy atom. The van der Waals surface area contributed by atoms with Gasteiger partial charge in [0.1, 0.15) is 6.20 Å². The molecular weight excluding hydrogens is 230 g/mol. The van der Waals surface area contributed by atoms with Crippen LogP contribution in [-0.4, -0.2) is 41.5 Å². The molecule has 0 radical (unpaired) electrons. The van der Waals surface area contributed by atoms with Gasteiger partial charge in [0, 0.05) is 20.3 Å². The van der Waals surface area contributed by atoms with Gasteiger partial charge in [-0.05, 0) is 6.42 Å². The zero-order valence-corrected chi connectivity index (χ0v) is 9.58. The van der Waals surface area contributed by atoms with Crippen LogP contribution in [0.15, 0.2) is 6.20 Å². The minimum absolute atomic E-state index is 0.282. The third-order valence-corrected chi connectivity index (χ3v) is 2.05. The third-order valence-electron chi connectivity index (χ3n) is 2.05. The van der Waals surface area contributed by atoms with Gasteiger partial charge in [-0.1, -0.05) is 0 Å². The third kappa shape index (κ3) is 3.25. The number of carbonyl (C=O) groups excluding carboxylic acids is 1. The molecule has 0 aliphatic heterocycles. The number of esters is 1. The molecule has 0 atom stereocenters. The lowest BCUT2D eigenvalue weighted by Gasteiger charge is -1.98. The first-order valence-corrected chi connectivity index (χ1v) is 4.89. The van der Waals surface area contributed by atoms with Gasteiger partial charge in [0.15, 0.2) is 0 Å². The fourth-order valence-electron chi connectivity index (χ4n) is 1.27. The van der Waals surface area contributed by atoms with Crippen LogP contribution in [0, 0.1) is 10.1 Å². The molecular formula is C9H13N3O5. The van der Waals surface area contributed by atoms with Crippen molar-refractivity contribution in [2.24, 2.45) is 0 Å². The Morgan fingerprint density at radius 3 is 2.82 bits per heavy atom. The van der Waals surface area contributed by atoms with Crippen LogP contribution in [0.3, 0.4) is 0 Å². The second kappa shape index (κ2) is 5.94. The number of methoxy groups -OCH3 is 2. The number of carbonyl (C=O) groups is 1. The van der Waals surface area contributed by atoms with Gasteiger partial charge in [-0.2, -0.15) is 5.10 Å². The zero-order valence-electron chi connectivity index (χ0n) is 9.58. The van der Waals surface area contributed by atoms with Gasteiger partial charge in [-0.15, -0.1) is 0 Å². The molecule has 0 saturated carbocycles. The minimum atomic E-state index is -0.817. The highest BCUT2D eigenvalue weighted by Gasteiger charge is 2.26. The first kappa shape index (κ1) is 13.1. The first-order chi connectivity index (χ1) is 8.10. The van der Waals surface area contributed by atoms with E-state index in [0.29, 0.717) is 19.6 Å². The Balaban J connectivity index is 2.88. The molecule has 0 amide bonds. The number of hydrogen-bond acceptors (Lipinski definition) is 6. The summed E-state index contributed by atoms with van der Waals surface area (Å²) in [4.78, 5) is 21.3. The number of nitrogens with zero attached hydrogens (tertiary/aromatic N) is 3. The molecule has 1 aromatic heterocycles. The van der Waals surface area contributed by atoms with E-state index >= 15 is 0 Å². The van der Waals surface area contributed by atoms with Gasteiger partial charge in [0.25, 0.3) is 0 Å². The molecule has 8 heteroatoms. The summed E-state index contributed by atoms with van der Waals surface area (Å²) in [5.74, 6) is -0.817. The highest BCUT2D eigenvalue weighted by Crippen LogP contribution is 2.17. The van der Waals surface area contributed by atoms with Gasteiger partial charge in [-0.3, -0.25) is 14.8 Å². The van der Waals surface area contributed by atoms with Crippen LogP contribution >= 0.6 is 0 Å². The quantitative estimate of drug-likeness (QED) is 0.314. The lowest BCUT2D eigenvalue weighted by molar-refractivity contribution is -0.385. The summed E-state index contributed by atoms with van der Waals surface area (Å²) < 4.78 is 10.6. The average Bonchev–Trinajstić information content (AvgIpc) is 2.73. The van der Waals surface area contributed by atoms with Crippen LogP contribution < -0.4 is 0 Å². The van der Waals surface area contributed by atoms with Gasteiger partial charge < -0.3 is 9.47 Å². The average molecular weight is 243 g/mol. The summed E-state index contributed by atoms with van der Waals surface area (Å²) in [6.07, 6.45) is 1.86. The van der Waals surface area contributed by atoms with Crippen molar-refractivity contribution in [1.29, 1.82) is 0 Å². The van der Waals surface area contributed by atoms with Gasteiger partial charge in [0.2, 0.25) is 5.69 Å². The number of rotatable bonds is 6. The van der Waals surface area contributed by atoms with E-state index in [2.05, 4.69) is 9.84 Å². The second-order valence-electron chi connectivity index (χ2n) is 3.22. The number of aryl methyl sites for hydroxylation is 1. The molecule has 94 valence electrons. The molecule has 0 aliphatic carbocycles. The number of ether oxygens (including phenoxy) is 2. The van der Waals surface area contributed by atoms with E-state index in [1.807, 2.05) is 0 Å². The van der Waals surface area contributed by atoms with Gasteiger partial charge in [0.05, 0.1) is 12.0 Å². The molecule has 0 N–H and O–H groups in total. The fourth-order valence-corrected chi connectivity index (χ4v) is 1.27. The summed E-state index contributed by atoms with van der Waals surface area (Å²) in [6.45, 7) is 0.951. The van der Waals surface area contributed by atoms with E-state index in [1.54, 1.807) is 7.11 Å². The van der Waals surface area contributed by atoms with Crippen molar-refractivity contribution in [2.45, 2.75) is 13.0 Å². The lowest BCUT2D eigenvalue weighted by atomic mass is 10.4. The predicted molar refractivity (Wildman–Crippen MR) is 56.7 cm³/mol. The summed E-state index contributed by atoms with van der Waals surface area (Å²) in [6, 6.07) is 0. The minimum Gasteiger partial charge on any atom is -0.464 e. The van der Waals surface area contributed by atoms with Crippen LogP contribution in [0.4, 0.5) is 5.69 Å². The van der Waals surface area contributed by atoms with E-state index in [4.69, 9.17) is 4.74 Å². The van der Waals surface area contributed by atoms with Crippen molar-refractivity contribution >= 4 is 11.7 Å². The summed E-state index contributed by atoms with van der Waals surface area (Å²) in [5, 5.41) is 14.5. The molecule has 1 heterocycles. The topological polar surface area (TPSA) is 96.5 Å². The molecule has 0 aliphatic rings. The Bertz CT molecular complexity index is 415. The molecule has 0 saturated heterocycles. The smallest absolute Gasteiger partial charge is 0.365 e. The molecule has 1 rings (SSSR count). The molecule has 0 spiro atoms. The number of hydrogen-bond donors (Lipinski definition) is 0. The first-order valence-electron chi connectivity index (χ1n) is 4.89. The summed E-state index contributed by atoms with van der Waals surface area (Å²) in [7, 11) is 2.71. The lowest BCUT2D eigenvalue weighted by Crippen LogP contribution is -2.07. The van der Waals surface area contributed by atoms with Crippen LogP contribution in [0.1, 0.15) is 16.9 Å². The Morgan fingerprint density at radius 2 is 2.29 bits per heavy atom. The molecule has 8 nitrogen and oxygen atoms in total. The van der Waals surface area contributed by atoms with E-state index in [9.17, 15) is 14.9 Å². The Hall–Kier alpha value is -1.96. The second-order valence-corrected chi connectivity index (χ2v) is 3.22. The Labute approximate surface area is 97.3 Å². The highest BCUT2D eigenvalue weighted by atomic mass is 16.6. The van der Waals surface area contributed by atoms with Gasteiger partial charge in [-0.25, -0.2) is 4.79 Å². The highest BCUT2D eigenvalue weighted by molar-refractivity contribution is 5.91. The predicted octanol–water partition coefficient (Wildman–Crippen LogP) is 0.614. The maximum Gasteiger partial charge on any atom is 0.365 e. The molecule has 0 aromatic carbocycles. The maximum atomic E-state index is 11.3. The van der Waals surface area contributed by atoms with E-state index in [0.717, 1.165) is 7.11 Å². The van der Waals surface area contributed by atoms with Crippen LogP contribution in [-0.2, 0) is 16.0 Å². The monoisotopic (exact) mass is 243 g/mol. The molecule has 1 aromatic rings. The van der Waals surface area contributed by atoms with Crippen molar-refractivity contribution < 1.29 is 19.2 Å².